The third-order valence-electron chi connectivity index (χ3n) is 1.02. The zero-order valence-corrected chi connectivity index (χ0v) is 5.63. The van der Waals surface area contributed by atoms with Crippen molar-refractivity contribution in [1.82, 2.24) is 4.98 Å². The Morgan fingerprint density at radius 2 is 2.70 bits per heavy atom. The standard InChI is InChI=1S/C6H8N2O2/c1-2-6(9)8-5-3-10-4-7-5/h3-4H,2H2,1H3,(H,8,9). The van der Waals surface area contributed by atoms with Gasteiger partial charge in [-0.1, -0.05) is 6.92 Å². The monoisotopic (exact) mass is 140 g/mol. The molecule has 10 heavy (non-hydrogen) atoms. The molecule has 0 radical (unpaired) electrons. The van der Waals surface area contributed by atoms with Gasteiger partial charge >= 0.3 is 0 Å². The maximum atomic E-state index is 10.7. The molecule has 0 aromatic carbocycles. The third-order valence-corrected chi connectivity index (χ3v) is 1.02. The fourth-order valence-corrected chi connectivity index (χ4v) is 0.505. The second-order valence-corrected chi connectivity index (χ2v) is 1.78. The van der Waals surface area contributed by atoms with Gasteiger partial charge in [0.25, 0.3) is 0 Å². The van der Waals surface area contributed by atoms with Crippen LogP contribution in [-0.2, 0) is 4.79 Å². The van der Waals surface area contributed by atoms with E-state index in [9.17, 15) is 4.79 Å². The second-order valence-electron chi connectivity index (χ2n) is 1.78. The number of oxazole rings is 1. The maximum Gasteiger partial charge on any atom is 0.225 e. The Labute approximate surface area is 58.3 Å². The van der Waals surface area contributed by atoms with Crippen molar-refractivity contribution in [3.8, 4) is 0 Å². The molecule has 0 unspecified atom stereocenters. The van der Waals surface area contributed by atoms with Gasteiger partial charge in [0.1, 0.15) is 6.26 Å². The Morgan fingerprint density at radius 3 is 3.20 bits per heavy atom. The average Bonchev–Trinajstić information content (AvgIpc) is 2.40. The molecule has 0 bridgehead atoms. The minimum atomic E-state index is -0.0612. The zero-order valence-electron chi connectivity index (χ0n) is 5.63. The molecule has 4 heteroatoms. The third kappa shape index (κ3) is 1.58. The summed E-state index contributed by atoms with van der Waals surface area (Å²) >= 11 is 0. The molecule has 0 spiro atoms. The molecule has 1 N–H and O–H groups in total. The lowest BCUT2D eigenvalue weighted by Gasteiger charge is -1.94. The summed E-state index contributed by atoms with van der Waals surface area (Å²) in [6.07, 6.45) is 3.10. The number of anilines is 1. The molecular formula is C6H8N2O2. The van der Waals surface area contributed by atoms with Crippen molar-refractivity contribution in [3.05, 3.63) is 12.7 Å². The Bertz CT molecular complexity index is 206. The van der Waals surface area contributed by atoms with Crippen LogP contribution in [0.1, 0.15) is 13.3 Å². The smallest absolute Gasteiger partial charge is 0.225 e. The number of hydrogen-bond donors (Lipinski definition) is 1. The predicted octanol–water partition coefficient (Wildman–Crippen LogP) is 1.02. The number of rotatable bonds is 2. The molecule has 0 atom stereocenters. The Kier molecular flexibility index (Phi) is 2.04. The predicted molar refractivity (Wildman–Crippen MR) is 35.4 cm³/mol. The summed E-state index contributed by atoms with van der Waals surface area (Å²) in [6, 6.07) is 0. The van der Waals surface area contributed by atoms with Gasteiger partial charge in [0.2, 0.25) is 5.91 Å². The molecule has 1 heterocycles. The first-order chi connectivity index (χ1) is 4.83. The van der Waals surface area contributed by atoms with E-state index < -0.39 is 0 Å². The first-order valence-corrected chi connectivity index (χ1v) is 3.01. The van der Waals surface area contributed by atoms with Crippen molar-refractivity contribution in [2.45, 2.75) is 13.3 Å². The molecule has 4 nitrogen and oxygen atoms in total. The van der Waals surface area contributed by atoms with Crippen molar-refractivity contribution in [3.63, 3.8) is 0 Å². The van der Waals surface area contributed by atoms with Gasteiger partial charge < -0.3 is 9.73 Å². The number of carbonyl (C=O) groups excluding carboxylic acids is 1. The van der Waals surface area contributed by atoms with E-state index in [4.69, 9.17) is 0 Å². The van der Waals surface area contributed by atoms with E-state index in [-0.39, 0.29) is 5.91 Å². The van der Waals surface area contributed by atoms with Crippen LogP contribution in [0.4, 0.5) is 5.82 Å². The fraction of sp³-hybridized carbons (Fsp3) is 0.333. The maximum absolute atomic E-state index is 10.7. The molecule has 1 aromatic heterocycles. The molecule has 1 rings (SSSR count). The van der Waals surface area contributed by atoms with E-state index in [1.807, 2.05) is 0 Å². The van der Waals surface area contributed by atoms with Crippen LogP contribution in [0.25, 0.3) is 0 Å². The summed E-state index contributed by atoms with van der Waals surface area (Å²) in [5, 5.41) is 2.53. The summed E-state index contributed by atoms with van der Waals surface area (Å²) in [5.74, 6) is 0.403. The zero-order chi connectivity index (χ0) is 7.40. The normalized spacial score (nSPS) is 9.30. The van der Waals surface area contributed by atoms with Crippen LogP contribution in [-0.4, -0.2) is 10.9 Å². The van der Waals surface area contributed by atoms with E-state index in [1.165, 1.54) is 12.7 Å². The first kappa shape index (κ1) is 6.80. The highest BCUT2D eigenvalue weighted by atomic mass is 16.3. The van der Waals surface area contributed by atoms with Crippen LogP contribution in [0.15, 0.2) is 17.1 Å². The van der Waals surface area contributed by atoms with Crippen molar-refractivity contribution < 1.29 is 9.21 Å². The molecule has 0 saturated heterocycles. The van der Waals surface area contributed by atoms with Crippen molar-refractivity contribution in [2.75, 3.05) is 5.32 Å². The number of nitrogens with zero attached hydrogens (tertiary/aromatic N) is 1. The molecule has 0 fully saturated rings. The lowest BCUT2D eigenvalue weighted by molar-refractivity contribution is -0.115. The summed E-state index contributed by atoms with van der Waals surface area (Å²) in [6.45, 7) is 1.77. The molecule has 1 aromatic rings. The molecule has 0 aliphatic rings. The van der Waals surface area contributed by atoms with Gasteiger partial charge in [0.15, 0.2) is 12.2 Å². The number of amides is 1. The van der Waals surface area contributed by atoms with Crippen molar-refractivity contribution >= 4 is 11.7 Å². The van der Waals surface area contributed by atoms with E-state index in [2.05, 4.69) is 14.7 Å². The van der Waals surface area contributed by atoms with E-state index in [0.717, 1.165) is 0 Å². The number of hydrogen-bond acceptors (Lipinski definition) is 3. The van der Waals surface area contributed by atoms with Gasteiger partial charge in [-0.3, -0.25) is 4.79 Å². The van der Waals surface area contributed by atoms with Gasteiger partial charge in [-0.05, 0) is 0 Å². The van der Waals surface area contributed by atoms with E-state index in [0.29, 0.717) is 12.2 Å². The Morgan fingerprint density at radius 1 is 1.90 bits per heavy atom. The highest BCUT2D eigenvalue weighted by Gasteiger charge is 1.98. The van der Waals surface area contributed by atoms with Crippen LogP contribution < -0.4 is 5.32 Å². The summed E-state index contributed by atoms with van der Waals surface area (Å²) in [7, 11) is 0. The molecule has 54 valence electrons. The van der Waals surface area contributed by atoms with Gasteiger partial charge in [0, 0.05) is 6.42 Å². The minimum absolute atomic E-state index is 0.0612. The lowest BCUT2D eigenvalue weighted by Crippen LogP contribution is -2.09. The minimum Gasteiger partial charge on any atom is -0.449 e. The number of carbonyl (C=O) groups is 1. The van der Waals surface area contributed by atoms with E-state index >= 15 is 0 Å². The Balaban J connectivity index is 2.48. The average molecular weight is 140 g/mol. The molecule has 1 amide bonds. The topological polar surface area (TPSA) is 55.1 Å². The number of nitrogens with one attached hydrogen (secondary N) is 1. The molecule has 0 aliphatic carbocycles. The lowest BCUT2D eigenvalue weighted by atomic mass is 10.4. The second kappa shape index (κ2) is 3.00. The first-order valence-electron chi connectivity index (χ1n) is 3.01. The molecule has 0 aliphatic heterocycles. The van der Waals surface area contributed by atoms with Gasteiger partial charge in [-0.2, -0.15) is 4.98 Å². The summed E-state index contributed by atoms with van der Waals surface area (Å²) in [5.41, 5.74) is 0. The summed E-state index contributed by atoms with van der Waals surface area (Å²) in [4.78, 5) is 14.4. The van der Waals surface area contributed by atoms with Crippen molar-refractivity contribution in [2.24, 2.45) is 0 Å². The largest absolute Gasteiger partial charge is 0.449 e. The summed E-state index contributed by atoms with van der Waals surface area (Å²) < 4.78 is 4.63. The number of aromatic nitrogens is 1. The quantitative estimate of drug-likeness (QED) is 0.667. The van der Waals surface area contributed by atoms with Gasteiger partial charge in [-0.15, -0.1) is 0 Å². The van der Waals surface area contributed by atoms with Crippen LogP contribution in [0.5, 0.6) is 0 Å². The van der Waals surface area contributed by atoms with Crippen LogP contribution in [0.2, 0.25) is 0 Å². The van der Waals surface area contributed by atoms with Gasteiger partial charge in [0.05, 0.1) is 0 Å². The highest BCUT2D eigenvalue weighted by Crippen LogP contribution is 2.00. The van der Waals surface area contributed by atoms with Crippen LogP contribution in [0.3, 0.4) is 0 Å². The van der Waals surface area contributed by atoms with E-state index in [1.54, 1.807) is 6.92 Å². The fourth-order valence-electron chi connectivity index (χ4n) is 0.505. The highest BCUT2D eigenvalue weighted by molar-refractivity contribution is 5.89. The van der Waals surface area contributed by atoms with Crippen LogP contribution in [0, 0.1) is 0 Å². The SMILES string of the molecule is CCC(=O)Nc1cocn1. The molecular weight excluding hydrogens is 132 g/mol. The molecule has 0 saturated carbocycles. The Hall–Kier alpha value is -1.32. The van der Waals surface area contributed by atoms with Gasteiger partial charge in [-0.25, -0.2) is 0 Å². The van der Waals surface area contributed by atoms with Crippen molar-refractivity contribution in [1.29, 1.82) is 0 Å². The van der Waals surface area contributed by atoms with Crippen LogP contribution >= 0.6 is 0 Å².